The molecule has 1 heterocycles. The molecule has 0 atom stereocenters. The average Bonchev–Trinajstić information content (AvgIpc) is 2.38. The minimum absolute atomic E-state index is 0.512. The smallest absolute Gasteiger partial charge is 0.126 e. The van der Waals surface area contributed by atoms with Gasteiger partial charge >= 0.3 is 0 Å². The number of nitrogens with zero attached hydrogens (tertiary/aromatic N) is 1. The lowest BCUT2D eigenvalue weighted by Gasteiger charge is -2.08. The van der Waals surface area contributed by atoms with Crippen LogP contribution in [-0.4, -0.2) is 4.98 Å². The number of rotatable bonds is 4. The number of halogens is 1. The van der Waals surface area contributed by atoms with Crippen molar-refractivity contribution in [2.45, 2.75) is 19.3 Å². The molecule has 88 valence electrons. The van der Waals surface area contributed by atoms with Crippen LogP contribution in [0.3, 0.4) is 0 Å². The first kappa shape index (κ1) is 11.9. The minimum atomic E-state index is 0.512. The molecule has 0 radical (unpaired) electrons. The number of nitrogens with one attached hydrogen (secondary N) is 1. The summed E-state index contributed by atoms with van der Waals surface area (Å²) in [5, 5.41) is 3.30. The summed E-state index contributed by atoms with van der Waals surface area (Å²) < 4.78 is 0. The molecule has 0 aliphatic rings. The summed E-state index contributed by atoms with van der Waals surface area (Å²) in [6.07, 6.45) is 0. The first-order valence-electron chi connectivity index (χ1n) is 5.60. The number of alkyl halides is 1. The minimum Gasteiger partial charge on any atom is -0.366 e. The van der Waals surface area contributed by atoms with E-state index in [1.807, 2.05) is 37.3 Å². The zero-order valence-electron chi connectivity index (χ0n) is 9.78. The summed E-state index contributed by atoms with van der Waals surface area (Å²) in [5.74, 6) is 1.40. The number of aryl methyl sites for hydroxylation is 1. The van der Waals surface area contributed by atoms with Crippen LogP contribution in [0.4, 0.5) is 5.82 Å². The maximum atomic E-state index is 5.80. The van der Waals surface area contributed by atoms with E-state index in [2.05, 4.69) is 22.4 Å². The van der Waals surface area contributed by atoms with Crippen LogP contribution in [-0.2, 0) is 12.4 Å². The third kappa shape index (κ3) is 3.21. The molecule has 0 saturated heterocycles. The third-order valence-electron chi connectivity index (χ3n) is 2.66. The largest absolute Gasteiger partial charge is 0.366 e. The molecular weight excluding hydrogens is 232 g/mol. The summed E-state index contributed by atoms with van der Waals surface area (Å²) in [6.45, 7) is 2.76. The van der Waals surface area contributed by atoms with Gasteiger partial charge in [-0.3, -0.25) is 0 Å². The summed E-state index contributed by atoms with van der Waals surface area (Å²) in [7, 11) is 0. The van der Waals surface area contributed by atoms with Crippen molar-refractivity contribution in [3.8, 4) is 0 Å². The lowest BCUT2D eigenvalue weighted by molar-refractivity contribution is 1.07. The van der Waals surface area contributed by atoms with Gasteiger partial charge in [-0.05, 0) is 24.1 Å². The molecule has 2 nitrogen and oxygen atoms in total. The zero-order chi connectivity index (χ0) is 12.1. The molecule has 17 heavy (non-hydrogen) atoms. The van der Waals surface area contributed by atoms with E-state index < -0.39 is 0 Å². The molecule has 2 rings (SSSR count). The van der Waals surface area contributed by atoms with Crippen molar-refractivity contribution in [2.75, 3.05) is 5.32 Å². The van der Waals surface area contributed by atoms with Gasteiger partial charge in [0.2, 0.25) is 0 Å². The number of hydrogen-bond donors (Lipinski definition) is 1. The van der Waals surface area contributed by atoms with Crippen LogP contribution in [0, 0.1) is 6.92 Å². The van der Waals surface area contributed by atoms with Crippen LogP contribution in [0.15, 0.2) is 42.5 Å². The maximum Gasteiger partial charge on any atom is 0.126 e. The molecular formula is C14H15ClN2. The highest BCUT2D eigenvalue weighted by Crippen LogP contribution is 2.13. The molecule has 0 fully saturated rings. The Morgan fingerprint density at radius 3 is 2.53 bits per heavy atom. The van der Waals surface area contributed by atoms with E-state index in [9.17, 15) is 0 Å². The average molecular weight is 247 g/mol. The van der Waals surface area contributed by atoms with Gasteiger partial charge in [-0.25, -0.2) is 4.98 Å². The Labute approximate surface area is 107 Å². The molecule has 0 aliphatic carbocycles. The van der Waals surface area contributed by atoms with Crippen LogP contribution in [0.5, 0.6) is 0 Å². The summed E-state index contributed by atoms with van der Waals surface area (Å²) in [4.78, 5) is 4.46. The lowest BCUT2D eigenvalue weighted by Crippen LogP contribution is -2.02. The Balaban J connectivity index is 2.02. The van der Waals surface area contributed by atoms with E-state index >= 15 is 0 Å². The van der Waals surface area contributed by atoms with Crippen molar-refractivity contribution in [2.24, 2.45) is 0 Å². The highest BCUT2D eigenvalue weighted by atomic mass is 35.5. The molecule has 0 amide bonds. The second kappa shape index (κ2) is 5.69. The normalized spacial score (nSPS) is 10.2. The first-order chi connectivity index (χ1) is 8.29. The van der Waals surface area contributed by atoms with Gasteiger partial charge in [0.1, 0.15) is 5.82 Å². The lowest BCUT2D eigenvalue weighted by atomic mass is 10.2. The molecule has 0 saturated carbocycles. The number of hydrogen-bond acceptors (Lipinski definition) is 2. The van der Waals surface area contributed by atoms with Crippen LogP contribution in [0.1, 0.15) is 16.8 Å². The van der Waals surface area contributed by atoms with Crippen LogP contribution >= 0.6 is 11.6 Å². The van der Waals surface area contributed by atoms with E-state index in [1.54, 1.807) is 0 Å². The Morgan fingerprint density at radius 1 is 1.12 bits per heavy atom. The van der Waals surface area contributed by atoms with E-state index in [0.29, 0.717) is 5.88 Å². The molecule has 3 heteroatoms. The van der Waals surface area contributed by atoms with E-state index in [4.69, 9.17) is 11.6 Å². The fourth-order valence-electron chi connectivity index (χ4n) is 1.62. The van der Waals surface area contributed by atoms with Gasteiger partial charge in [0.15, 0.2) is 0 Å². The van der Waals surface area contributed by atoms with Crippen LogP contribution < -0.4 is 5.32 Å². The topological polar surface area (TPSA) is 24.9 Å². The fraction of sp³-hybridized carbons (Fsp3) is 0.214. The zero-order valence-corrected chi connectivity index (χ0v) is 10.5. The summed E-state index contributed by atoms with van der Waals surface area (Å²) in [6, 6.07) is 14.2. The standard InChI is InChI=1S/C14H15ClN2/c1-11-13(9-15)7-8-14(17-11)16-10-12-5-3-2-4-6-12/h2-8H,9-10H2,1H3,(H,16,17). The maximum absolute atomic E-state index is 5.80. The molecule has 1 aromatic carbocycles. The molecule has 0 unspecified atom stereocenters. The highest BCUT2D eigenvalue weighted by molar-refractivity contribution is 6.17. The summed E-state index contributed by atoms with van der Waals surface area (Å²) >= 11 is 5.80. The number of benzene rings is 1. The van der Waals surface area contributed by atoms with Gasteiger partial charge in [0.25, 0.3) is 0 Å². The first-order valence-corrected chi connectivity index (χ1v) is 6.13. The van der Waals surface area contributed by atoms with Crippen LogP contribution in [0.2, 0.25) is 0 Å². The second-order valence-corrected chi connectivity index (χ2v) is 4.18. The predicted molar refractivity (Wildman–Crippen MR) is 72.3 cm³/mol. The van der Waals surface area contributed by atoms with Gasteiger partial charge < -0.3 is 5.32 Å². The molecule has 0 bridgehead atoms. The Bertz CT molecular complexity index is 483. The predicted octanol–water partition coefficient (Wildman–Crippen LogP) is 3.74. The molecule has 2 aromatic rings. The quantitative estimate of drug-likeness (QED) is 0.832. The van der Waals surface area contributed by atoms with Crippen molar-refractivity contribution in [3.63, 3.8) is 0 Å². The molecule has 1 N–H and O–H groups in total. The van der Waals surface area contributed by atoms with Gasteiger partial charge in [-0.2, -0.15) is 0 Å². The Kier molecular flexibility index (Phi) is 3.99. The molecule has 0 spiro atoms. The van der Waals surface area contributed by atoms with E-state index in [-0.39, 0.29) is 0 Å². The highest BCUT2D eigenvalue weighted by Gasteiger charge is 2.00. The van der Waals surface area contributed by atoms with E-state index in [1.165, 1.54) is 5.56 Å². The summed E-state index contributed by atoms with van der Waals surface area (Å²) in [5.41, 5.74) is 3.31. The number of aromatic nitrogens is 1. The van der Waals surface area contributed by atoms with Crippen molar-refractivity contribution < 1.29 is 0 Å². The fourth-order valence-corrected chi connectivity index (χ4v) is 1.90. The molecule has 0 aliphatic heterocycles. The van der Waals surface area contributed by atoms with E-state index in [0.717, 1.165) is 23.6 Å². The number of pyridine rings is 1. The second-order valence-electron chi connectivity index (χ2n) is 3.91. The Morgan fingerprint density at radius 2 is 1.88 bits per heavy atom. The Hall–Kier alpha value is -1.54. The molecule has 1 aromatic heterocycles. The van der Waals surface area contributed by atoms with Crippen molar-refractivity contribution in [1.82, 2.24) is 4.98 Å². The third-order valence-corrected chi connectivity index (χ3v) is 2.94. The monoisotopic (exact) mass is 246 g/mol. The van der Waals surface area contributed by atoms with Crippen molar-refractivity contribution in [3.05, 3.63) is 59.3 Å². The number of anilines is 1. The van der Waals surface area contributed by atoms with Crippen molar-refractivity contribution in [1.29, 1.82) is 0 Å². The van der Waals surface area contributed by atoms with Gasteiger partial charge in [0, 0.05) is 18.1 Å². The van der Waals surface area contributed by atoms with Gasteiger partial charge in [-0.15, -0.1) is 11.6 Å². The van der Waals surface area contributed by atoms with Crippen molar-refractivity contribution >= 4 is 17.4 Å². The SMILES string of the molecule is Cc1nc(NCc2ccccc2)ccc1CCl. The van der Waals surface area contributed by atoms with Gasteiger partial charge in [0.05, 0.1) is 0 Å². The van der Waals surface area contributed by atoms with Crippen LogP contribution in [0.25, 0.3) is 0 Å². The van der Waals surface area contributed by atoms with Gasteiger partial charge in [-0.1, -0.05) is 36.4 Å².